The minimum absolute atomic E-state index is 0.113. The Labute approximate surface area is 70.7 Å². The second-order valence-corrected chi connectivity index (χ2v) is 3.07. The molecule has 0 amide bonds. The van der Waals surface area contributed by atoms with Crippen LogP contribution in [0.25, 0.3) is 0 Å². The van der Waals surface area contributed by atoms with Gasteiger partial charge in [0.1, 0.15) is 5.75 Å². The molecule has 1 aliphatic heterocycles. The third-order valence-electron chi connectivity index (χ3n) is 2.14. The summed E-state index contributed by atoms with van der Waals surface area (Å²) in [6.45, 7) is 0.134. The number of nitrogens with one attached hydrogen (secondary N) is 1. The summed E-state index contributed by atoms with van der Waals surface area (Å²) in [5, 5.41) is 21.2. The third kappa shape index (κ3) is 1.12. The van der Waals surface area contributed by atoms with Gasteiger partial charge in [0.25, 0.3) is 0 Å². The van der Waals surface area contributed by atoms with E-state index < -0.39 is 0 Å². The van der Waals surface area contributed by atoms with Crippen molar-refractivity contribution in [3.05, 3.63) is 23.8 Å². The number of hydrogen-bond donors (Lipinski definition) is 3. The third-order valence-corrected chi connectivity index (χ3v) is 2.14. The normalized spacial score (nSPS) is 20.2. The molecule has 0 aliphatic carbocycles. The molecule has 1 aliphatic rings. The van der Waals surface area contributed by atoms with Gasteiger partial charge >= 0.3 is 0 Å². The van der Waals surface area contributed by atoms with Gasteiger partial charge in [0, 0.05) is 5.69 Å². The van der Waals surface area contributed by atoms with Gasteiger partial charge in [-0.2, -0.15) is 0 Å². The van der Waals surface area contributed by atoms with E-state index in [9.17, 15) is 0 Å². The van der Waals surface area contributed by atoms with Crippen LogP contribution in [0.2, 0.25) is 0 Å². The first-order valence-electron chi connectivity index (χ1n) is 3.99. The van der Waals surface area contributed by atoms with Crippen molar-refractivity contribution in [2.24, 2.45) is 0 Å². The number of aliphatic hydroxyl groups is 1. The Kier molecular flexibility index (Phi) is 1.66. The van der Waals surface area contributed by atoms with Crippen LogP contribution >= 0.6 is 0 Å². The Balaban J connectivity index is 2.30. The molecular weight excluding hydrogens is 154 g/mol. The summed E-state index contributed by atoms with van der Waals surface area (Å²) < 4.78 is 0. The molecule has 1 aromatic rings. The SMILES string of the molecule is OC[C@H]1Cc2cc(O)ccc2N1. The molecule has 0 spiro atoms. The van der Waals surface area contributed by atoms with Crippen LogP contribution in [0.5, 0.6) is 5.75 Å². The topological polar surface area (TPSA) is 52.5 Å². The highest BCUT2D eigenvalue weighted by Gasteiger charge is 2.19. The molecule has 2 rings (SSSR count). The number of aliphatic hydroxyl groups excluding tert-OH is 1. The molecule has 1 heterocycles. The van der Waals surface area contributed by atoms with Crippen LogP contribution in [0.3, 0.4) is 0 Å². The lowest BCUT2D eigenvalue weighted by Crippen LogP contribution is -2.19. The van der Waals surface area contributed by atoms with Crippen molar-refractivity contribution in [1.29, 1.82) is 0 Å². The second-order valence-electron chi connectivity index (χ2n) is 3.07. The van der Waals surface area contributed by atoms with Crippen LogP contribution in [0, 0.1) is 0 Å². The first-order chi connectivity index (χ1) is 5.79. The maximum atomic E-state index is 9.17. The van der Waals surface area contributed by atoms with Crippen LogP contribution in [0.4, 0.5) is 5.69 Å². The van der Waals surface area contributed by atoms with E-state index in [-0.39, 0.29) is 18.4 Å². The molecular formula is C9H11NO2. The van der Waals surface area contributed by atoms with Crippen LogP contribution in [-0.2, 0) is 6.42 Å². The predicted octanol–water partition coefficient (Wildman–Crippen LogP) is 0.721. The van der Waals surface area contributed by atoms with E-state index in [2.05, 4.69) is 5.32 Å². The van der Waals surface area contributed by atoms with E-state index in [0.29, 0.717) is 0 Å². The first-order valence-corrected chi connectivity index (χ1v) is 3.99. The number of aromatic hydroxyl groups is 1. The molecule has 64 valence electrons. The highest BCUT2D eigenvalue weighted by atomic mass is 16.3. The Morgan fingerprint density at radius 2 is 2.33 bits per heavy atom. The molecule has 0 unspecified atom stereocenters. The van der Waals surface area contributed by atoms with Gasteiger partial charge in [-0.15, -0.1) is 0 Å². The number of anilines is 1. The van der Waals surface area contributed by atoms with E-state index in [1.807, 2.05) is 6.07 Å². The zero-order valence-corrected chi connectivity index (χ0v) is 6.62. The van der Waals surface area contributed by atoms with Crippen LogP contribution in [0.15, 0.2) is 18.2 Å². The summed E-state index contributed by atoms with van der Waals surface area (Å²) in [7, 11) is 0. The maximum absolute atomic E-state index is 9.17. The average molecular weight is 165 g/mol. The second kappa shape index (κ2) is 2.68. The van der Waals surface area contributed by atoms with Crippen molar-refractivity contribution in [3.8, 4) is 5.75 Å². The smallest absolute Gasteiger partial charge is 0.116 e. The van der Waals surface area contributed by atoms with Gasteiger partial charge in [-0.3, -0.25) is 0 Å². The van der Waals surface area contributed by atoms with E-state index >= 15 is 0 Å². The molecule has 0 saturated heterocycles. The van der Waals surface area contributed by atoms with Gasteiger partial charge < -0.3 is 15.5 Å². The highest BCUT2D eigenvalue weighted by molar-refractivity contribution is 5.58. The van der Waals surface area contributed by atoms with E-state index in [1.165, 1.54) is 0 Å². The lowest BCUT2D eigenvalue weighted by Gasteiger charge is -2.04. The van der Waals surface area contributed by atoms with Crippen molar-refractivity contribution in [2.45, 2.75) is 12.5 Å². The Bertz CT molecular complexity index is 299. The van der Waals surface area contributed by atoms with Gasteiger partial charge in [0.2, 0.25) is 0 Å². The number of phenolic OH excluding ortho intramolecular Hbond substituents is 1. The molecule has 3 nitrogen and oxygen atoms in total. The van der Waals surface area contributed by atoms with Gasteiger partial charge in [-0.05, 0) is 30.2 Å². The van der Waals surface area contributed by atoms with Crippen molar-refractivity contribution in [3.63, 3.8) is 0 Å². The monoisotopic (exact) mass is 165 g/mol. The quantitative estimate of drug-likeness (QED) is 0.537. The molecule has 3 heteroatoms. The largest absolute Gasteiger partial charge is 0.508 e. The molecule has 1 atom stereocenters. The molecule has 0 bridgehead atoms. The Morgan fingerprint density at radius 1 is 1.50 bits per heavy atom. The van der Waals surface area contributed by atoms with Gasteiger partial charge in [-0.25, -0.2) is 0 Å². The molecule has 0 saturated carbocycles. The molecule has 0 fully saturated rings. The predicted molar refractivity (Wildman–Crippen MR) is 46.3 cm³/mol. The first kappa shape index (κ1) is 7.43. The Hall–Kier alpha value is -1.22. The highest BCUT2D eigenvalue weighted by Crippen LogP contribution is 2.28. The lowest BCUT2D eigenvalue weighted by molar-refractivity contribution is 0.277. The van der Waals surface area contributed by atoms with E-state index in [4.69, 9.17) is 10.2 Å². The summed E-state index contributed by atoms with van der Waals surface area (Å²) in [5.41, 5.74) is 2.10. The average Bonchev–Trinajstić information content (AvgIpc) is 2.46. The van der Waals surface area contributed by atoms with Crippen molar-refractivity contribution in [1.82, 2.24) is 0 Å². The molecule has 3 N–H and O–H groups in total. The van der Waals surface area contributed by atoms with Crippen LogP contribution in [0.1, 0.15) is 5.56 Å². The molecule has 12 heavy (non-hydrogen) atoms. The number of rotatable bonds is 1. The zero-order chi connectivity index (χ0) is 8.55. The van der Waals surface area contributed by atoms with Gasteiger partial charge in [0.05, 0.1) is 12.6 Å². The number of benzene rings is 1. The fourth-order valence-electron chi connectivity index (χ4n) is 1.54. The molecule has 1 aromatic carbocycles. The van der Waals surface area contributed by atoms with E-state index in [0.717, 1.165) is 17.7 Å². The van der Waals surface area contributed by atoms with Gasteiger partial charge in [0.15, 0.2) is 0 Å². The van der Waals surface area contributed by atoms with Crippen molar-refractivity contribution < 1.29 is 10.2 Å². The number of fused-ring (bicyclic) bond motifs is 1. The minimum Gasteiger partial charge on any atom is -0.508 e. The van der Waals surface area contributed by atoms with Crippen LogP contribution in [-0.4, -0.2) is 22.9 Å². The fourth-order valence-corrected chi connectivity index (χ4v) is 1.54. The molecule has 0 radical (unpaired) electrons. The Morgan fingerprint density at radius 3 is 3.08 bits per heavy atom. The summed E-state index contributed by atoms with van der Waals surface area (Å²) in [4.78, 5) is 0. The van der Waals surface area contributed by atoms with Gasteiger partial charge in [-0.1, -0.05) is 0 Å². The van der Waals surface area contributed by atoms with Crippen molar-refractivity contribution >= 4 is 5.69 Å². The summed E-state index contributed by atoms with van der Waals surface area (Å²) in [6.07, 6.45) is 0.792. The van der Waals surface area contributed by atoms with Crippen LogP contribution < -0.4 is 5.32 Å². The summed E-state index contributed by atoms with van der Waals surface area (Å²) in [6, 6.07) is 5.32. The zero-order valence-electron chi connectivity index (χ0n) is 6.62. The number of phenols is 1. The number of hydrogen-bond acceptors (Lipinski definition) is 3. The fraction of sp³-hybridized carbons (Fsp3) is 0.333. The lowest BCUT2D eigenvalue weighted by atomic mass is 10.1. The summed E-state index contributed by atoms with van der Waals surface area (Å²) in [5.74, 6) is 0.286. The standard InChI is InChI=1S/C9H11NO2/c11-5-7-3-6-4-8(12)1-2-9(6)10-7/h1-2,4,7,10-12H,3,5H2/t7-/m1/s1. The minimum atomic E-state index is 0.113. The van der Waals surface area contributed by atoms with Crippen molar-refractivity contribution in [2.75, 3.05) is 11.9 Å². The maximum Gasteiger partial charge on any atom is 0.116 e. The van der Waals surface area contributed by atoms with E-state index in [1.54, 1.807) is 12.1 Å². The summed E-state index contributed by atoms with van der Waals surface area (Å²) >= 11 is 0. The molecule has 0 aromatic heterocycles.